The van der Waals surface area contributed by atoms with Gasteiger partial charge in [0.15, 0.2) is 0 Å². The smallest absolute Gasteiger partial charge is 0.478 e. The number of carbonyl (C=O) groups is 4. The van der Waals surface area contributed by atoms with Crippen LogP contribution in [0.25, 0.3) is 11.1 Å². The van der Waals surface area contributed by atoms with Crippen LogP contribution >= 0.6 is 0 Å². The zero-order valence-corrected chi connectivity index (χ0v) is 38.9. The Kier molecular flexibility index (Phi) is 15.6. The molecule has 4 fully saturated rings. The minimum atomic E-state index is -1.17. The van der Waals surface area contributed by atoms with Crippen molar-refractivity contribution in [2.24, 2.45) is 28.7 Å². The molecule has 7 N–H and O–H groups in total. The fourth-order valence-corrected chi connectivity index (χ4v) is 10.5. The van der Waals surface area contributed by atoms with E-state index in [4.69, 9.17) is 30.2 Å². The molecule has 15 heteroatoms. The summed E-state index contributed by atoms with van der Waals surface area (Å²) < 4.78 is 25.3. The molecule has 3 saturated carbocycles. The van der Waals surface area contributed by atoms with Gasteiger partial charge in [0, 0.05) is 43.2 Å². The van der Waals surface area contributed by atoms with E-state index in [1.807, 2.05) is 24.3 Å². The lowest BCUT2D eigenvalue weighted by atomic mass is 9.43. The first-order chi connectivity index (χ1) is 31.3. The molecule has 3 aromatic carbocycles. The predicted molar refractivity (Wildman–Crippen MR) is 251 cm³/mol. The van der Waals surface area contributed by atoms with Crippen molar-refractivity contribution in [1.29, 1.82) is 0 Å². The van der Waals surface area contributed by atoms with Crippen molar-refractivity contribution in [3.05, 3.63) is 82.9 Å². The Morgan fingerprint density at radius 2 is 1.57 bits per heavy atom. The molecule has 2 aliphatic heterocycles. The monoisotopic (exact) mass is 893 g/mol. The summed E-state index contributed by atoms with van der Waals surface area (Å²) in [5.74, 6) is -0.0597. The van der Waals surface area contributed by atoms with Gasteiger partial charge in [-0.05, 0) is 103 Å². The highest BCUT2D eigenvalue weighted by atomic mass is 16.7. The fraction of sp³-hybridized carbons (Fsp3) is 0.560. The molecule has 3 aliphatic carbocycles. The third-order valence-corrected chi connectivity index (χ3v) is 14.3. The van der Waals surface area contributed by atoms with E-state index in [2.05, 4.69) is 43.6 Å². The van der Waals surface area contributed by atoms with E-state index in [0.717, 1.165) is 36.8 Å². The maximum absolute atomic E-state index is 14.4. The normalized spacial score (nSPS) is 24.4. The van der Waals surface area contributed by atoms with E-state index >= 15 is 0 Å². The minimum Gasteiger partial charge on any atom is -0.492 e. The number of nitrogens with two attached hydrogens (primary N) is 2. The first-order valence-corrected chi connectivity index (χ1v) is 23.7. The van der Waals surface area contributed by atoms with Gasteiger partial charge in [-0.15, -0.1) is 0 Å². The highest BCUT2D eigenvalue weighted by Crippen LogP contribution is 2.65. The van der Waals surface area contributed by atoms with Crippen LogP contribution in [0.4, 0.5) is 0 Å². The van der Waals surface area contributed by atoms with Crippen molar-refractivity contribution in [2.75, 3.05) is 46.3 Å². The summed E-state index contributed by atoms with van der Waals surface area (Å²) in [4.78, 5) is 57.9. The van der Waals surface area contributed by atoms with Crippen LogP contribution in [-0.4, -0.2) is 99.7 Å². The lowest BCUT2D eigenvalue weighted by Gasteiger charge is -2.64. The number of rotatable bonds is 18. The zero-order chi connectivity index (χ0) is 46.3. The summed E-state index contributed by atoms with van der Waals surface area (Å²) in [6.45, 7) is 9.44. The van der Waals surface area contributed by atoms with Crippen LogP contribution < -0.4 is 36.9 Å². The van der Waals surface area contributed by atoms with Gasteiger partial charge >= 0.3 is 7.12 Å². The van der Waals surface area contributed by atoms with Crippen LogP contribution in [0.5, 0.6) is 11.5 Å². The number of nitrogens with one attached hydrogen (secondary N) is 3. The average molecular weight is 893 g/mol. The summed E-state index contributed by atoms with van der Waals surface area (Å²) in [5.41, 5.74) is 15.5. The molecule has 6 atom stereocenters. The number of hydrogen-bond donors (Lipinski definition) is 5. The number of unbranched alkanes of at least 4 members (excludes halogenated alkanes) is 5. The molecular weight excluding hydrogens is 823 g/mol. The van der Waals surface area contributed by atoms with Gasteiger partial charge in [0.25, 0.3) is 5.91 Å². The average Bonchev–Trinajstić information content (AvgIpc) is 3.66. The highest BCUT2D eigenvalue weighted by Gasteiger charge is 2.67. The van der Waals surface area contributed by atoms with Gasteiger partial charge in [-0.25, -0.2) is 0 Å². The van der Waals surface area contributed by atoms with E-state index in [1.165, 1.54) is 37.0 Å². The standard InChI is InChI=1S/C50H69BN6O8/c1-6-7-8-9-10-11-12-32-13-16-34(17-14-32)48(61)57(5)45-35-18-20-41(63-24-22-53)38(27-35)37-25-33(15-19-40(37)62-23-21-52)26-39(56-44(58)30-54-47(45)60)46(59)55-31-51-64-43-29-36-28-42(49(36,2)3)50(43,4)65-51/h13-20,25,27,36,39,42-43,45H,6-12,21-24,26,28-31,52-53H2,1-5H3,(H,54,60)(H,55,59)(H,56,58)/t36?,39?,42?,43?,45?,50-/m0/s1. The van der Waals surface area contributed by atoms with E-state index in [-0.39, 0.29) is 56.6 Å². The molecule has 65 heavy (non-hydrogen) atoms. The number of fused-ring (bicyclic) bond motifs is 5. The highest BCUT2D eigenvalue weighted by molar-refractivity contribution is 6.46. The van der Waals surface area contributed by atoms with Crippen LogP contribution in [0.2, 0.25) is 0 Å². The van der Waals surface area contributed by atoms with E-state index in [1.54, 1.807) is 43.4 Å². The summed E-state index contributed by atoms with van der Waals surface area (Å²) in [7, 11) is 0.939. The van der Waals surface area contributed by atoms with Gasteiger partial charge in [0.2, 0.25) is 17.7 Å². The Hall–Kier alpha value is -4.96. The number of aryl methyl sites for hydroxylation is 1. The molecule has 1 saturated heterocycles. The molecule has 5 unspecified atom stereocenters. The molecular formula is C50H69BN6O8. The number of hydrogen-bond acceptors (Lipinski definition) is 10. The number of ether oxygens (including phenoxy) is 2. The van der Waals surface area contributed by atoms with Crippen molar-refractivity contribution in [1.82, 2.24) is 20.9 Å². The maximum atomic E-state index is 14.4. The summed E-state index contributed by atoms with van der Waals surface area (Å²) in [5, 5.41) is 8.61. The molecule has 0 spiro atoms. The molecule has 14 nitrogen and oxygen atoms in total. The van der Waals surface area contributed by atoms with E-state index in [0.29, 0.717) is 45.6 Å². The number of nitrogens with zero attached hydrogens (tertiary/aromatic N) is 1. The van der Waals surface area contributed by atoms with Gasteiger partial charge in [-0.1, -0.05) is 77.1 Å². The zero-order valence-electron chi connectivity index (χ0n) is 38.9. The second kappa shape index (κ2) is 21.1. The van der Waals surface area contributed by atoms with Crippen molar-refractivity contribution >= 4 is 30.7 Å². The molecule has 0 aromatic heterocycles. The lowest BCUT2D eigenvalue weighted by Crippen LogP contribution is -2.65. The molecule has 5 aliphatic rings. The SMILES string of the molecule is CCCCCCCCc1ccc(C(=O)N(C)C2C(=O)NCC(=O)NC(C(=O)NCB3OC4CC5CC(C5(C)C)[C@]4(C)O3)Cc3ccc(OCCN)c(c3)-c3cc2ccc3OCCN)cc1. The van der Waals surface area contributed by atoms with Gasteiger partial charge in [0.05, 0.1) is 24.7 Å². The predicted octanol–water partition coefficient (Wildman–Crippen LogP) is 5.29. The number of likely N-dealkylation sites (N-methyl/N-ethyl adjacent to an activating group) is 1. The first-order valence-electron chi connectivity index (χ1n) is 23.7. The number of amides is 4. The third kappa shape index (κ3) is 10.7. The van der Waals surface area contributed by atoms with Gasteiger partial charge in [-0.2, -0.15) is 0 Å². The molecule has 6 bridgehead atoms. The molecule has 3 aromatic rings. The lowest BCUT2D eigenvalue weighted by molar-refractivity contribution is -0.199. The summed E-state index contributed by atoms with van der Waals surface area (Å²) in [6, 6.07) is 16.1. The Labute approximate surface area is 384 Å². The van der Waals surface area contributed by atoms with Crippen LogP contribution in [-0.2, 0) is 36.5 Å². The van der Waals surface area contributed by atoms with Crippen molar-refractivity contribution in [2.45, 2.75) is 116 Å². The van der Waals surface area contributed by atoms with Crippen LogP contribution in [0, 0.1) is 17.3 Å². The largest absolute Gasteiger partial charge is 0.492 e. The topological polar surface area (TPSA) is 197 Å². The quantitative estimate of drug-likeness (QED) is 0.0828. The van der Waals surface area contributed by atoms with E-state index in [9.17, 15) is 19.2 Å². The molecule has 350 valence electrons. The first kappa shape index (κ1) is 48.0. The van der Waals surface area contributed by atoms with Crippen LogP contribution in [0.15, 0.2) is 60.7 Å². The number of carbonyl (C=O) groups excluding carboxylic acids is 4. The van der Waals surface area contributed by atoms with Crippen molar-refractivity contribution in [3.8, 4) is 22.6 Å². The van der Waals surface area contributed by atoms with Crippen LogP contribution in [0.1, 0.15) is 112 Å². The summed E-state index contributed by atoms with van der Waals surface area (Å²) >= 11 is 0. The maximum Gasteiger partial charge on any atom is 0.478 e. The van der Waals surface area contributed by atoms with Crippen LogP contribution in [0.3, 0.4) is 0 Å². The van der Waals surface area contributed by atoms with Crippen molar-refractivity contribution < 1.29 is 38.0 Å². The third-order valence-electron chi connectivity index (χ3n) is 14.3. The summed E-state index contributed by atoms with van der Waals surface area (Å²) in [6.07, 6.45) is 10.3. The van der Waals surface area contributed by atoms with Crippen molar-refractivity contribution in [3.63, 3.8) is 0 Å². The Bertz CT molecular complexity index is 2170. The molecule has 2 heterocycles. The van der Waals surface area contributed by atoms with E-state index < -0.39 is 49.1 Å². The number of benzene rings is 3. The van der Waals surface area contributed by atoms with Gasteiger partial charge < -0.3 is 51.1 Å². The molecule has 0 radical (unpaired) electrons. The Balaban J connectivity index is 1.16. The van der Waals surface area contributed by atoms with Gasteiger partial charge in [0.1, 0.15) is 36.8 Å². The second-order valence-corrected chi connectivity index (χ2v) is 19.1. The van der Waals surface area contributed by atoms with Gasteiger partial charge in [-0.3, -0.25) is 19.2 Å². The molecule has 8 rings (SSSR count). The molecule has 4 amide bonds. The fourth-order valence-electron chi connectivity index (χ4n) is 10.5. The second-order valence-electron chi connectivity index (χ2n) is 19.1. The Morgan fingerprint density at radius 1 is 0.892 bits per heavy atom. The minimum absolute atomic E-state index is 0.0482. The Morgan fingerprint density at radius 3 is 2.26 bits per heavy atom.